The molecule has 0 fully saturated rings. The zero-order chi connectivity index (χ0) is 25.2. The van der Waals surface area contributed by atoms with Gasteiger partial charge >= 0.3 is 23.9 Å². The maximum Gasteiger partial charge on any atom is 0.439 e. The van der Waals surface area contributed by atoms with E-state index in [-0.39, 0.29) is 28.3 Å². The molecule has 0 aliphatic heterocycles. The van der Waals surface area contributed by atoms with Crippen LogP contribution in [0.3, 0.4) is 0 Å². The van der Waals surface area contributed by atoms with Crippen molar-refractivity contribution in [3.05, 3.63) is 88.4 Å². The minimum Gasteiger partial charge on any atom is -0.478 e. The van der Waals surface area contributed by atoms with E-state index in [1.807, 2.05) is 0 Å². The number of hydrogen-bond donors (Lipinski definition) is 4. The SMILES string of the molecule is O=C(Nc1cccc(C(F)(F)F)c1)Nc1ccc(-c2ccc(C(=O)O)cc2)cc1-c1noc(=O)[nH]1. The molecule has 0 atom stereocenters. The first-order valence-electron chi connectivity index (χ1n) is 9.89. The predicted octanol–water partition coefficient (Wildman–Crippen LogP) is 5.06. The molecular weight excluding hydrogens is 469 g/mol. The summed E-state index contributed by atoms with van der Waals surface area (Å²) in [5, 5.41) is 17.5. The Morgan fingerprint density at radius 2 is 1.66 bits per heavy atom. The van der Waals surface area contributed by atoms with Crippen LogP contribution in [0.5, 0.6) is 0 Å². The van der Waals surface area contributed by atoms with Crippen molar-refractivity contribution in [2.45, 2.75) is 6.18 Å². The van der Waals surface area contributed by atoms with Crippen molar-refractivity contribution in [2.75, 3.05) is 10.6 Å². The summed E-state index contributed by atoms with van der Waals surface area (Å²) in [7, 11) is 0. The van der Waals surface area contributed by atoms with E-state index in [1.54, 1.807) is 24.3 Å². The summed E-state index contributed by atoms with van der Waals surface area (Å²) in [5.74, 6) is -1.92. The molecule has 12 heteroatoms. The molecule has 0 spiro atoms. The van der Waals surface area contributed by atoms with Crippen molar-refractivity contribution in [1.29, 1.82) is 0 Å². The number of carboxylic acid groups (broad SMARTS) is 1. The van der Waals surface area contributed by atoms with Gasteiger partial charge in [0.1, 0.15) is 0 Å². The van der Waals surface area contributed by atoms with Gasteiger partial charge in [-0.15, -0.1) is 0 Å². The molecule has 0 radical (unpaired) electrons. The summed E-state index contributed by atoms with van der Waals surface area (Å²) in [5.41, 5.74) is 0.754. The summed E-state index contributed by atoms with van der Waals surface area (Å²) in [6, 6.07) is 14.0. The number of carboxylic acids is 1. The normalized spacial score (nSPS) is 11.2. The highest BCUT2D eigenvalue weighted by atomic mass is 19.4. The minimum atomic E-state index is -4.57. The largest absolute Gasteiger partial charge is 0.478 e. The Hall–Kier alpha value is -4.87. The highest BCUT2D eigenvalue weighted by Crippen LogP contribution is 2.32. The van der Waals surface area contributed by atoms with E-state index in [0.29, 0.717) is 11.1 Å². The van der Waals surface area contributed by atoms with Crippen LogP contribution in [0.2, 0.25) is 0 Å². The van der Waals surface area contributed by atoms with E-state index in [2.05, 4.69) is 25.3 Å². The Morgan fingerprint density at radius 3 is 2.29 bits per heavy atom. The number of rotatable bonds is 5. The molecule has 3 aromatic carbocycles. The highest BCUT2D eigenvalue weighted by Gasteiger charge is 2.30. The van der Waals surface area contributed by atoms with E-state index in [0.717, 1.165) is 18.2 Å². The molecule has 4 aromatic rings. The van der Waals surface area contributed by atoms with Crippen molar-refractivity contribution < 1.29 is 32.4 Å². The molecule has 4 N–H and O–H groups in total. The lowest BCUT2D eigenvalue weighted by Gasteiger charge is -2.13. The van der Waals surface area contributed by atoms with E-state index < -0.39 is 29.5 Å². The number of aromatic amines is 1. The number of aromatic carboxylic acids is 1. The van der Waals surface area contributed by atoms with Crippen LogP contribution in [0.25, 0.3) is 22.5 Å². The summed E-state index contributed by atoms with van der Waals surface area (Å²) in [6.45, 7) is 0. The Morgan fingerprint density at radius 1 is 0.943 bits per heavy atom. The fourth-order valence-corrected chi connectivity index (χ4v) is 3.24. The van der Waals surface area contributed by atoms with E-state index in [1.165, 1.54) is 24.3 Å². The number of halogens is 3. The van der Waals surface area contributed by atoms with Crippen LogP contribution in [-0.2, 0) is 6.18 Å². The van der Waals surface area contributed by atoms with Gasteiger partial charge in [0, 0.05) is 11.3 Å². The number of benzene rings is 3. The maximum absolute atomic E-state index is 12.9. The molecule has 1 aromatic heterocycles. The van der Waals surface area contributed by atoms with Gasteiger partial charge in [-0.1, -0.05) is 29.4 Å². The van der Waals surface area contributed by atoms with Crippen molar-refractivity contribution in [2.24, 2.45) is 0 Å². The fourth-order valence-electron chi connectivity index (χ4n) is 3.24. The van der Waals surface area contributed by atoms with Crippen LogP contribution in [-0.4, -0.2) is 27.2 Å². The van der Waals surface area contributed by atoms with Crippen molar-refractivity contribution in [3.63, 3.8) is 0 Å². The molecule has 0 aliphatic rings. The number of H-pyrrole nitrogens is 1. The predicted molar refractivity (Wildman–Crippen MR) is 119 cm³/mol. The van der Waals surface area contributed by atoms with Crippen molar-refractivity contribution in [1.82, 2.24) is 10.1 Å². The lowest BCUT2D eigenvalue weighted by molar-refractivity contribution is -0.137. The number of alkyl halides is 3. The van der Waals surface area contributed by atoms with E-state index >= 15 is 0 Å². The summed E-state index contributed by atoms with van der Waals surface area (Å²) in [6.07, 6.45) is -4.57. The summed E-state index contributed by atoms with van der Waals surface area (Å²) < 4.78 is 43.3. The second-order valence-electron chi connectivity index (χ2n) is 7.24. The second kappa shape index (κ2) is 9.17. The highest BCUT2D eigenvalue weighted by molar-refractivity contribution is 6.02. The number of aromatic nitrogens is 2. The smallest absolute Gasteiger partial charge is 0.439 e. The monoisotopic (exact) mass is 484 g/mol. The average molecular weight is 484 g/mol. The average Bonchev–Trinajstić information content (AvgIpc) is 3.25. The van der Waals surface area contributed by atoms with Crippen LogP contribution in [0.15, 0.2) is 76.0 Å². The first-order chi connectivity index (χ1) is 16.6. The zero-order valence-electron chi connectivity index (χ0n) is 17.5. The molecular formula is C23H15F3N4O5. The molecule has 178 valence electrons. The third-order valence-electron chi connectivity index (χ3n) is 4.88. The fraction of sp³-hybridized carbons (Fsp3) is 0.0435. The third kappa shape index (κ3) is 5.38. The number of urea groups is 1. The van der Waals surface area contributed by atoms with Crippen LogP contribution < -0.4 is 16.4 Å². The number of hydrogen-bond acceptors (Lipinski definition) is 5. The number of carbonyl (C=O) groups is 2. The first-order valence-corrected chi connectivity index (χ1v) is 9.89. The van der Waals surface area contributed by atoms with Crippen molar-refractivity contribution in [3.8, 4) is 22.5 Å². The van der Waals surface area contributed by atoms with Crippen LogP contribution in [0, 0.1) is 0 Å². The molecule has 0 saturated heterocycles. The Labute approximate surface area is 194 Å². The third-order valence-corrected chi connectivity index (χ3v) is 4.88. The molecule has 0 unspecified atom stereocenters. The van der Waals surface area contributed by atoms with Crippen LogP contribution in [0.1, 0.15) is 15.9 Å². The van der Waals surface area contributed by atoms with Gasteiger partial charge in [0.2, 0.25) is 0 Å². The van der Waals surface area contributed by atoms with Gasteiger partial charge in [0.15, 0.2) is 5.82 Å². The van der Waals surface area contributed by atoms with Gasteiger partial charge in [0.25, 0.3) is 0 Å². The molecule has 9 nitrogen and oxygen atoms in total. The molecule has 1 heterocycles. The summed E-state index contributed by atoms with van der Waals surface area (Å²) >= 11 is 0. The molecule has 35 heavy (non-hydrogen) atoms. The lowest BCUT2D eigenvalue weighted by atomic mass is 10.00. The molecule has 4 rings (SSSR count). The number of amides is 2. The van der Waals surface area contributed by atoms with Crippen LogP contribution in [0.4, 0.5) is 29.3 Å². The molecule has 0 aliphatic carbocycles. The number of carbonyl (C=O) groups excluding carboxylic acids is 1. The van der Waals surface area contributed by atoms with E-state index in [9.17, 15) is 27.6 Å². The number of nitrogens with one attached hydrogen (secondary N) is 3. The molecule has 0 bridgehead atoms. The van der Waals surface area contributed by atoms with Crippen molar-refractivity contribution >= 4 is 23.4 Å². The number of nitrogens with zero attached hydrogens (tertiary/aromatic N) is 1. The lowest BCUT2D eigenvalue weighted by Crippen LogP contribution is -2.20. The van der Waals surface area contributed by atoms with E-state index in [4.69, 9.17) is 5.11 Å². The van der Waals surface area contributed by atoms with Crippen LogP contribution >= 0.6 is 0 Å². The summed E-state index contributed by atoms with van der Waals surface area (Å²) in [4.78, 5) is 37.4. The van der Waals surface area contributed by atoms with Gasteiger partial charge in [-0.25, -0.2) is 14.4 Å². The van der Waals surface area contributed by atoms with Gasteiger partial charge in [0.05, 0.1) is 16.8 Å². The zero-order valence-corrected chi connectivity index (χ0v) is 17.5. The standard InChI is InChI=1S/C23H15F3N4O5/c24-23(25,26)15-2-1-3-16(11-15)27-21(33)28-18-9-8-14(10-17(18)19-29-22(34)35-30-19)12-4-6-13(7-5-12)20(31)32/h1-11H,(H,31,32)(H2,27,28,33)(H,29,30,34). The second-order valence-corrected chi connectivity index (χ2v) is 7.24. The minimum absolute atomic E-state index is 0.00613. The van der Waals surface area contributed by atoms with Gasteiger partial charge < -0.3 is 15.7 Å². The molecule has 2 amide bonds. The maximum atomic E-state index is 12.9. The molecule has 0 saturated carbocycles. The quantitative estimate of drug-likeness (QED) is 0.313. The van der Waals surface area contributed by atoms with Gasteiger partial charge in [-0.05, 0) is 53.6 Å². The first kappa shape index (κ1) is 23.3. The Bertz CT molecular complexity index is 1460. The Kier molecular flexibility index (Phi) is 6.10. The number of anilines is 2. The van der Waals surface area contributed by atoms with Gasteiger partial charge in [-0.3, -0.25) is 9.51 Å². The Balaban J connectivity index is 1.63. The topological polar surface area (TPSA) is 137 Å². The van der Waals surface area contributed by atoms with Gasteiger partial charge in [-0.2, -0.15) is 13.2 Å².